The van der Waals surface area contributed by atoms with Crippen molar-refractivity contribution in [2.45, 2.75) is 0 Å². The number of halogens is 1. The Bertz CT molecular complexity index is 240. The molecular formula is C8H7BrMgO2. The third kappa shape index (κ3) is 3.56. The van der Waals surface area contributed by atoms with E-state index >= 15 is 0 Å². The van der Waals surface area contributed by atoms with E-state index in [2.05, 4.69) is 0 Å². The Morgan fingerprint density at radius 2 is 1.92 bits per heavy atom. The third-order valence-corrected chi connectivity index (χ3v) is 1.22. The van der Waals surface area contributed by atoms with Gasteiger partial charge in [-0.15, -0.1) is 11.6 Å². The van der Waals surface area contributed by atoms with E-state index in [1.807, 2.05) is 0 Å². The summed E-state index contributed by atoms with van der Waals surface area (Å²) in [5, 5.41) is 0. The van der Waals surface area contributed by atoms with Crippen LogP contribution in [-0.2, 0) is 4.79 Å². The molecule has 4 heteroatoms. The maximum atomic E-state index is 10.2. The van der Waals surface area contributed by atoms with E-state index in [0.717, 1.165) is 0 Å². The van der Waals surface area contributed by atoms with E-state index < -0.39 is 0 Å². The van der Waals surface area contributed by atoms with E-state index in [9.17, 15) is 4.79 Å². The summed E-state index contributed by atoms with van der Waals surface area (Å²) >= 11 is 0. The van der Waals surface area contributed by atoms with Crippen LogP contribution in [0.1, 0.15) is 5.56 Å². The second kappa shape index (κ2) is 7.58. The molecule has 0 radical (unpaired) electrons. The summed E-state index contributed by atoms with van der Waals surface area (Å²) in [6.45, 7) is 0. The predicted molar refractivity (Wildman–Crippen MR) is 43.5 cm³/mol. The molecule has 1 aromatic rings. The van der Waals surface area contributed by atoms with Crippen LogP contribution >= 0.6 is 0 Å². The second-order valence-corrected chi connectivity index (χ2v) is 1.80. The van der Waals surface area contributed by atoms with Crippen molar-refractivity contribution in [3.8, 4) is 5.75 Å². The first-order valence-electron chi connectivity index (χ1n) is 2.89. The fourth-order valence-corrected chi connectivity index (χ4v) is 0.729. The van der Waals surface area contributed by atoms with Gasteiger partial charge in [0.1, 0.15) is 0 Å². The minimum atomic E-state index is 0. The normalized spacial score (nSPS) is 7.42. The Morgan fingerprint density at radius 1 is 1.33 bits per heavy atom. The van der Waals surface area contributed by atoms with Crippen LogP contribution in [-0.4, -0.2) is 36.4 Å². The fourth-order valence-electron chi connectivity index (χ4n) is 0.729. The zero-order valence-electron chi connectivity index (χ0n) is 6.71. The van der Waals surface area contributed by atoms with Crippen LogP contribution < -0.4 is 21.7 Å². The molecule has 0 aromatic heterocycles. The van der Waals surface area contributed by atoms with Gasteiger partial charge in [-0.1, -0.05) is 12.1 Å². The molecule has 1 aromatic carbocycles. The van der Waals surface area contributed by atoms with Gasteiger partial charge in [-0.05, 0) is 0 Å². The summed E-state index contributed by atoms with van der Waals surface area (Å²) in [7, 11) is 1.52. The zero-order chi connectivity index (χ0) is 7.40. The summed E-state index contributed by atoms with van der Waals surface area (Å²) < 4.78 is 4.87. The number of methoxy groups -OCH3 is 1. The molecule has 12 heavy (non-hydrogen) atoms. The Labute approximate surface area is 98.2 Å². The Balaban J connectivity index is 0. The molecule has 60 valence electrons. The standard InChI is InChI=1S/C8H7O2.BrH.Mg/c1-10-8-5-3-2-4-7(8)6-9;;/h2-5H,1H3;1H;/q-1;;+2/p-1. The minimum Gasteiger partial charge on any atom is -1.00 e. The Hall–Kier alpha value is -0.0638. The summed E-state index contributed by atoms with van der Waals surface area (Å²) in [4.78, 5) is 10.2. The molecular weight excluding hydrogens is 232 g/mol. The van der Waals surface area contributed by atoms with Crippen molar-refractivity contribution in [3.05, 3.63) is 29.8 Å². The van der Waals surface area contributed by atoms with Gasteiger partial charge in [0, 0.05) is 5.75 Å². The number of para-hydroxylation sites is 1. The van der Waals surface area contributed by atoms with Crippen molar-refractivity contribution < 1.29 is 26.5 Å². The molecule has 2 nitrogen and oxygen atoms in total. The van der Waals surface area contributed by atoms with Gasteiger partial charge < -0.3 is 26.5 Å². The molecule has 0 amide bonds. The van der Waals surface area contributed by atoms with Crippen molar-refractivity contribution in [2.75, 3.05) is 7.11 Å². The second-order valence-electron chi connectivity index (χ2n) is 1.80. The van der Waals surface area contributed by atoms with Crippen LogP contribution in [0, 0.1) is 0 Å². The Morgan fingerprint density at radius 3 is 2.33 bits per heavy atom. The quantitative estimate of drug-likeness (QED) is 0.432. The van der Waals surface area contributed by atoms with E-state index in [-0.39, 0.29) is 40.0 Å². The number of hydrogen-bond acceptors (Lipinski definition) is 2. The van der Waals surface area contributed by atoms with E-state index in [0.29, 0.717) is 11.3 Å². The molecule has 0 heterocycles. The third-order valence-electron chi connectivity index (χ3n) is 1.22. The maximum absolute atomic E-state index is 10.2. The van der Waals surface area contributed by atoms with Crippen LogP contribution in [0.25, 0.3) is 0 Å². The first-order chi connectivity index (χ1) is 4.88. The number of hydrogen-bond donors (Lipinski definition) is 0. The van der Waals surface area contributed by atoms with Crippen LogP contribution in [0.2, 0.25) is 0 Å². The molecule has 0 aliphatic heterocycles. The number of rotatable bonds is 2. The van der Waals surface area contributed by atoms with Gasteiger partial charge in [-0.3, -0.25) is 0 Å². The zero-order valence-corrected chi connectivity index (χ0v) is 9.71. The molecule has 0 aliphatic rings. The summed E-state index contributed by atoms with van der Waals surface area (Å²) in [5.41, 5.74) is 0.463. The average Bonchev–Trinajstić information content (AvgIpc) is 2.04. The topological polar surface area (TPSA) is 26.3 Å². The largest absolute Gasteiger partial charge is 2.00 e. The molecule has 0 atom stereocenters. The van der Waals surface area contributed by atoms with E-state index in [1.165, 1.54) is 7.11 Å². The molecule has 0 unspecified atom stereocenters. The van der Waals surface area contributed by atoms with Crippen LogP contribution in [0.5, 0.6) is 5.75 Å². The van der Waals surface area contributed by atoms with E-state index in [1.54, 1.807) is 30.6 Å². The Kier molecular flexibility index (Phi) is 9.13. The minimum absolute atomic E-state index is 0. The number of benzene rings is 1. The van der Waals surface area contributed by atoms with Crippen LogP contribution in [0.4, 0.5) is 0 Å². The van der Waals surface area contributed by atoms with Crippen molar-refractivity contribution in [2.24, 2.45) is 0 Å². The molecule has 0 spiro atoms. The first-order valence-corrected chi connectivity index (χ1v) is 2.89. The van der Waals surface area contributed by atoms with Crippen LogP contribution in [0.3, 0.4) is 0 Å². The number of carbonyl (C=O) groups excluding carboxylic acids is 1. The average molecular weight is 239 g/mol. The van der Waals surface area contributed by atoms with Crippen molar-refractivity contribution in [3.63, 3.8) is 0 Å². The fraction of sp³-hybridized carbons (Fsp3) is 0.125. The monoisotopic (exact) mass is 238 g/mol. The molecule has 0 saturated heterocycles. The predicted octanol–water partition coefficient (Wildman–Crippen LogP) is -2.22. The van der Waals surface area contributed by atoms with Crippen molar-refractivity contribution >= 4 is 29.3 Å². The van der Waals surface area contributed by atoms with Gasteiger partial charge >= 0.3 is 23.1 Å². The summed E-state index contributed by atoms with van der Waals surface area (Å²) in [6, 6.07) is 6.95. The first kappa shape index (κ1) is 14.5. The van der Waals surface area contributed by atoms with Gasteiger partial charge in [0.25, 0.3) is 0 Å². The van der Waals surface area contributed by atoms with Gasteiger partial charge in [-0.25, -0.2) is 0 Å². The summed E-state index contributed by atoms with van der Waals surface area (Å²) in [5.74, 6) is 0.567. The molecule has 0 N–H and O–H groups in total. The smallest absolute Gasteiger partial charge is 1.00 e. The summed E-state index contributed by atoms with van der Waals surface area (Å²) in [6.07, 6.45) is 1.77. The van der Waals surface area contributed by atoms with Crippen molar-refractivity contribution in [1.82, 2.24) is 0 Å². The SMILES string of the molecule is COc1ccccc1[C-]=O.[Br-].[Mg+2]. The van der Waals surface area contributed by atoms with Gasteiger partial charge in [0.2, 0.25) is 0 Å². The van der Waals surface area contributed by atoms with Crippen LogP contribution in [0.15, 0.2) is 24.3 Å². The van der Waals surface area contributed by atoms with Crippen molar-refractivity contribution in [1.29, 1.82) is 0 Å². The number of ether oxygens (including phenoxy) is 1. The molecule has 0 bridgehead atoms. The van der Waals surface area contributed by atoms with Gasteiger partial charge in [0.15, 0.2) is 0 Å². The van der Waals surface area contributed by atoms with Gasteiger partial charge in [-0.2, -0.15) is 6.07 Å². The molecule has 0 fully saturated rings. The molecule has 0 saturated carbocycles. The van der Waals surface area contributed by atoms with E-state index in [4.69, 9.17) is 4.74 Å². The molecule has 0 aliphatic carbocycles. The molecule has 1 rings (SSSR count). The maximum Gasteiger partial charge on any atom is 2.00 e. The van der Waals surface area contributed by atoms with Gasteiger partial charge in [0.05, 0.1) is 13.4 Å².